The molecule has 0 amide bonds. The van der Waals surface area contributed by atoms with E-state index in [1.807, 2.05) is 0 Å². The van der Waals surface area contributed by atoms with Crippen molar-refractivity contribution in [1.29, 1.82) is 0 Å². The van der Waals surface area contributed by atoms with Gasteiger partial charge in [-0.1, -0.05) is 51.5 Å². The van der Waals surface area contributed by atoms with Gasteiger partial charge < -0.3 is 5.11 Å². The van der Waals surface area contributed by atoms with Gasteiger partial charge in [0.1, 0.15) is 0 Å². The van der Waals surface area contributed by atoms with Gasteiger partial charge in [-0.15, -0.1) is 0 Å². The minimum Gasteiger partial charge on any atom is -0.393 e. The number of allylic oxidation sites excluding steroid dienone is 3. The summed E-state index contributed by atoms with van der Waals surface area (Å²) in [7, 11) is 0. The second-order valence-corrected chi connectivity index (χ2v) is 15.1. The second-order valence-electron chi connectivity index (χ2n) is 15.1. The molecule has 0 aromatic rings. The first-order chi connectivity index (χ1) is 16.2. The molecule has 34 heavy (non-hydrogen) atoms. The minimum absolute atomic E-state index is 0.0820. The van der Waals surface area contributed by atoms with Gasteiger partial charge in [-0.3, -0.25) is 0 Å². The molecule has 0 aliphatic heterocycles. The molecular formula is C33H52O. The second kappa shape index (κ2) is 8.49. The van der Waals surface area contributed by atoms with E-state index in [0.29, 0.717) is 16.2 Å². The van der Waals surface area contributed by atoms with Crippen LogP contribution < -0.4 is 0 Å². The average molecular weight is 465 g/mol. The van der Waals surface area contributed by atoms with E-state index in [1.54, 1.807) is 5.57 Å². The van der Waals surface area contributed by atoms with Crippen molar-refractivity contribution >= 4 is 0 Å². The largest absolute Gasteiger partial charge is 0.393 e. The van der Waals surface area contributed by atoms with Gasteiger partial charge in [-0.25, -0.2) is 0 Å². The van der Waals surface area contributed by atoms with Crippen molar-refractivity contribution < 1.29 is 5.11 Å². The molecule has 1 N–H and O–H groups in total. The van der Waals surface area contributed by atoms with E-state index in [0.717, 1.165) is 54.3 Å². The van der Waals surface area contributed by atoms with Crippen molar-refractivity contribution in [3.8, 4) is 0 Å². The maximum absolute atomic E-state index is 10.3. The molecule has 0 spiro atoms. The van der Waals surface area contributed by atoms with Crippen molar-refractivity contribution in [3.63, 3.8) is 0 Å². The summed E-state index contributed by atoms with van der Waals surface area (Å²) in [6.45, 7) is 10.3. The molecule has 1 nitrogen and oxygen atoms in total. The molecule has 9 atom stereocenters. The summed E-state index contributed by atoms with van der Waals surface area (Å²) >= 11 is 0. The Kier molecular flexibility index (Phi) is 5.95. The average Bonchev–Trinajstić information content (AvgIpc) is 3.09. The molecule has 1 heteroatoms. The zero-order valence-corrected chi connectivity index (χ0v) is 22.7. The lowest BCUT2D eigenvalue weighted by Crippen LogP contribution is -2.50. The lowest BCUT2D eigenvalue weighted by molar-refractivity contribution is -0.0493. The Balaban J connectivity index is 1.16. The van der Waals surface area contributed by atoms with Crippen LogP contribution in [-0.4, -0.2) is 11.2 Å². The van der Waals surface area contributed by atoms with Gasteiger partial charge in [0.05, 0.1) is 6.10 Å². The Morgan fingerprint density at radius 3 is 2.47 bits per heavy atom. The first-order valence-electron chi connectivity index (χ1n) is 15.3. The Morgan fingerprint density at radius 1 is 0.941 bits per heavy atom. The zero-order chi connectivity index (χ0) is 23.7. The molecule has 9 unspecified atom stereocenters. The summed E-state index contributed by atoms with van der Waals surface area (Å²) in [6.07, 6.45) is 27.0. The lowest BCUT2D eigenvalue weighted by atomic mass is 9.47. The van der Waals surface area contributed by atoms with Crippen LogP contribution in [0.3, 0.4) is 0 Å². The van der Waals surface area contributed by atoms with Crippen molar-refractivity contribution in [3.05, 3.63) is 23.8 Å². The van der Waals surface area contributed by atoms with Crippen LogP contribution in [0.25, 0.3) is 0 Å². The monoisotopic (exact) mass is 464 g/mol. The third-order valence-electron chi connectivity index (χ3n) is 12.8. The van der Waals surface area contributed by atoms with E-state index < -0.39 is 0 Å². The van der Waals surface area contributed by atoms with Crippen molar-refractivity contribution in [2.45, 2.75) is 124 Å². The molecule has 0 aromatic carbocycles. The molecule has 5 fully saturated rings. The number of rotatable bonds is 3. The Hall–Kier alpha value is -0.560. The normalized spacial score (nSPS) is 54.8. The van der Waals surface area contributed by atoms with Crippen molar-refractivity contribution in [2.75, 3.05) is 0 Å². The summed E-state index contributed by atoms with van der Waals surface area (Å²) in [5.74, 6) is 6.43. The van der Waals surface area contributed by atoms with Gasteiger partial charge >= 0.3 is 0 Å². The lowest BCUT2D eigenvalue weighted by Gasteiger charge is -2.58. The maximum Gasteiger partial charge on any atom is 0.0577 e. The van der Waals surface area contributed by atoms with Crippen LogP contribution in [0.2, 0.25) is 0 Å². The van der Waals surface area contributed by atoms with Crippen LogP contribution in [0.1, 0.15) is 118 Å². The molecule has 0 saturated heterocycles. The van der Waals surface area contributed by atoms with Crippen LogP contribution in [0.15, 0.2) is 23.8 Å². The summed E-state index contributed by atoms with van der Waals surface area (Å²) in [6, 6.07) is 0. The van der Waals surface area contributed by atoms with E-state index in [4.69, 9.17) is 0 Å². The first kappa shape index (κ1) is 23.8. The summed E-state index contributed by atoms with van der Waals surface area (Å²) in [5.41, 5.74) is 3.09. The minimum atomic E-state index is -0.0820. The van der Waals surface area contributed by atoms with E-state index in [-0.39, 0.29) is 6.10 Å². The fourth-order valence-corrected chi connectivity index (χ4v) is 11.6. The van der Waals surface area contributed by atoms with Crippen LogP contribution >= 0.6 is 0 Å². The van der Waals surface area contributed by atoms with E-state index >= 15 is 0 Å². The van der Waals surface area contributed by atoms with Gasteiger partial charge in [0.15, 0.2) is 0 Å². The van der Waals surface area contributed by atoms with Gasteiger partial charge in [0, 0.05) is 0 Å². The van der Waals surface area contributed by atoms with Crippen LogP contribution in [-0.2, 0) is 0 Å². The first-order valence-corrected chi connectivity index (χ1v) is 15.3. The number of fused-ring (bicyclic) bond motifs is 7. The molecule has 6 rings (SSSR count). The fraction of sp³-hybridized carbons (Fsp3) is 0.879. The van der Waals surface area contributed by atoms with E-state index in [9.17, 15) is 5.11 Å². The summed E-state index contributed by atoms with van der Waals surface area (Å²) < 4.78 is 0. The molecule has 0 heterocycles. The molecule has 6 aliphatic carbocycles. The topological polar surface area (TPSA) is 20.2 Å². The van der Waals surface area contributed by atoms with E-state index in [1.165, 1.54) is 77.0 Å². The molecule has 190 valence electrons. The standard InChI is InChI=1S/C33H52O/c1-22-16-24-17-23(2)20-33(19-22,21-24)13-5-6-25-8-10-29-28-9-7-26-18-27(34)11-14-32(26,4)30(28)12-15-31(25,29)3/h5,7,13,22-25,27-30,34H,6,8-12,14-21H2,1-4H3/b13-5+. The zero-order valence-electron chi connectivity index (χ0n) is 22.7. The predicted molar refractivity (Wildman–Crippen MR) is 142 cm³/mol. The Bertz CT molecular complexity index is 818. The molecule has 0 aromatic heterocycles. The highest BCUT2D eigenvalue weighted by Gasteiger charge is 2.58. The maximum atomic E-state index is 10.3. The van der Waals surface area contributed by atoms with Crippen molar-refractivity contribution in [2.24, 2.45) is 57.7 Å². The number of aliphatic hydroxyl groups excluding tert-OH is 1. The van der Waals surface area contributed by atoms with Gasteiger partial charge in [0.25, 0.3) is 0 Å². The third kappa shape index (κ3) is 3.81. The molecule has 6 aliphatic rings. The highest BCUT2D eigenvalue weighted by molar-refractivity contribution is 5.25. The number of hydrogen-bond acceptors (Lipinski definition) is 1. The smallest absolute Gasteiger partial charge is 0.0577 e. The molecular weight excluding hydrogens is 412 g/mol. The van der Waals surface area contributed by atoms with Crippen LogP contribution in [0.5, 0.6) is 0 Å². The van der Waals surface area contributed by atoms with Gasteiger partial charge in [0.2, 0.25) is 0 Å². The van der Waals surface area contributed by atoms with Gasteiger partial charge in [-0.05, 0) is 148 Å². The Morgan fingerprint density at radius 2 is 1.71 bits per heavy atom. The third-order valence-corrected chi connectivity index (χ3v) is 12.8. The molecule has 0 radical (unpaired) electrons. The molecule has 2 bridgehead atoms. The summed E-state index contributed by atoms with van der Waals surface area (Å²) in [5, 5.41) is 10.3. The number of aliphatic hydroxyl groups is 1. The van der Waals surface area contributed by atoms with Gasteiger partial charge in [-0.2, -0.15) is 0 Å². The quantitative estimate of drug-likeness (QED) is 0.414. The van der Waals surface area contributed by atoms with Crippen LogP contribution in [0.4, 0.5) is 0 Å². The molecule has 5 saturated carbocycles. The van der Waals surface area contributed by atoms with Crippen LogP contribution in [0, 0.1) is 57.7 Å². The number of hydrogen-bond donors (Lipinski definition) is 1. The summed E-state index contributed by atoms with van der Waals surface area (Å²) in [4.78, 5) is 0. The van der Waals surface area contributed by atoms with E-state index in [2.05, 4.69) is 45.9 Å². The highest BCUT2D eigenvalue weighted by Crippen LogP contribution is 2.66. The Labute approximate surface area is 210 Å². The highest BCUT2D eigenvalue weighted by atomic mass is 16.3. The SMILES string of the molecule is CC1CC2CC(C)CC(/C=C/CC3CCC4C5CC=C6CC(O)CCC6(C)C5CCC34C)(C1)C2. The predicted octanol–water partition coefficient (Wildman–Crippen LogP) is 8.73. The van der Waals surface area contributed by atoms with Crippen molar-refractivity contribution in [1.82, 2.24) is 0 Å². The fourth-order valence-electron chi connectivity index (χ4n) is 11.6.